The standard InChI is InChI=1S/C15H24N2O/c1-4-18-15(2,3)13-5-7-14(8-6-13)17-11-9-16-10-12-17/h5-8,16H,4,9-12H2,1-3H3. The molecule has 0 spiro atoms. The van der Waals surface area contributed by atoms with Crippen LogP contribution in [0.2, 0.25) is 0 Å². The van der Waals surface area contributed by atoms with Gasteiger partial charge in [0.15, 0.2) is 0 Å². The van der Waals surface area contributed by atoms with E-state index in [1.165, 1.54) is 11.3 Å². The first-order chi connectivity index (χ1) is 8.63. The van der Waals surface area contributed by atoms with E-state index in [-0.39, 0.29) is 5.60 Å². The summed E-state index contributed by atoms with van der Waals surface area (Å²) < 4.78 is 5.78. The molecule has 100 valence electrons. The highest BCUT2D eigenvalue weighted by molar-refractivity contribution is 5.48. The molecule has 1 aromatic carbocycles. The van der Waals surface area contributed by atoms with Gasteiger partial charge in [0.05, 0.1) is 5.60 Å². The molecule has 0 amide bonds. The van der Waals surface area contributed by atoms with Crippen molar-refractivity contribution in [3.63, 3.8) is 0 Å². The van der Waals surface area contributed by atoms with E-state index in [0.717, 1.165) is 32.8 Å². The molecule has 0 aromatic heterocycles. The number of hydrogen-bond donors (Lipinski definition) is 1. The second-order valence-corrected chi connectivity index (χ2v) is 5.23. The van der Waals surface area contributed by atoms with Crippen molar-refractivity contribution in [2.45, 2.75) is 26.4 Å². The zero-order chi connectivity index (χ0) is 13.0. The quantitative estimate of drug-likeness (QED) is 0.885. The summed E-state index contributed by atoms with van der Waals surface area (Å²) in [6, 6.07) is 8.79. The Balaban J connectivity index is 2.09. The van der Waals surface area contributed by atoms with E-state index in [1.54, 1.807) is 0 Å². The topological polar surface area (TPSA) is 24.5 Å². The summed E-state index contributed by atoms with van der Waals surface area (Å²) in [7, 11) is 0. The van der Waals surface area contributed by atoms with Crippen molar-refractivity contribution in [1.29, 1.82) is 0 Å². The molecule has 0 bridgehead atoms. The molecule has 0 saturated carbocycles. The van der Waals surface area contributed by atoms with Gasteiger partial charge in [0.2, 0.25) is 0 Å². The van der Waals surface area contributed by atoms with Crippen LogP contribution in [0.4, 0.5) is 5.69 Å². The molecule has 2 rings (SSSR count). The maximum atomic E-state index is 5.78. The first kappa shape index (κ1) is 13.4. The normalized spacial score (nSPS) is 16.9. The Labute approximate surface area is 110 Å². The predicted octanol–water partition coefficient (Wildman–Crippen LogP) is 2.37. The molecule has 1 aliphatic rings. The van der Waals surface area contributed by atoms with Gasteiger partial charge in [-0.2, -0.15) is 0 Å². The fourth-order valence-corrected chi connectivity index (χ4v) is 2.44. The highest BCUT2D eigenvalue weighted by atomic mass is 16.5. The van der Waals surface area contributed by atoms with Crippen LogP contribution >= 0.6 is 0 Å². The number of rotatable bonds is 4. The average molecular weight is 248 g/mol. The van der Waals surface area contributed by atoms with Gasteiger partial charge in [0.1, 0.15) is 0 Å². The van der Waals surface area contributed by atoms with E-state index in [2.05, 4.69) is 48.3 Å². The minimum absolute atomic E-state index is 0.198. The molecule has 1 fully saturated rings. The van der Waals surface area contributed by atoms with Gasteiger partial charge in [-0.1, -0.05) is 12.1 Å². The molecule has 18 heavy (non-hydrogen) atoms. The van der Waals surface area contributed by atoms with Crippen LogP contribution < -0.4 is 10.2 Å². The van der Waals surface area contributed by atoms with Crippen molar-refractivity contribution in [3.05, 3.63) is 29.8 Å². The molecule has 3 nitrogen and oxygen atoms in total. The van der Waals surface area contributed by atoms with Crippen LogP contribution in [0.15, 0.2) is 24.3 Å². The van der Waals surface area contributed by atoms with Gasteiger partial charge in [-0.05, 0) is 38.5 Å². The highest BCUT2D eigenvalue weighted by Gasteiger charge is 2.20. The zero-order valence-electron chi connectivity index (χ0n) is 11.7. The van der Waals surface area contributed by atoms with Gasteiger partial charge in [-0.15, -0.1) is 0 Å². The van der Waals surface area contributed by atoms with E-state index >= 15 is 0 Å². The molecule has 0 unspecified atom stereocenters. The van der Waals surface area contributed by atoms with E-state index in [0.29, 0.717) is 0 Å². The number of nitrogens with one attached hydrogen (secondary N) is 1. The van der Waals surface area contributed by atoms with Crippen LogP contribution in [0, 0.1) is 0 Å². The van der Waals surface area contributed by atoms with Crippen LogP contribution in [0.1, 0.15) is 26.3 Å². The maximum absolute atomic E-state index is 5.78. The van der Waals surface area contributed by atoms with Crippen LogP contribution in [0.5, 0.6) is 0 Å². The summed E-state index contributed by atoms with van der Waals surface area (Å²) >= 11 is 0. The fraction of sp³-hybridized carbons (Fsp3) is 0.600. The summed E-state index contributed by atoms with van der Waals surface area (Å²) in [4.78, 5) is 2.42. The van der Waals surface area contributed by atoms with Gasteiger partial charge in [-0.25, -0.2) is 0 Å². The minimum atomic E-state index is -0.198. The van der Waals surface area contributed by atoms with Gasteiger partial charge < -0.3 is 15.0 Å². The Morgan fingerprint density at radius 3 is 2.33 bits per heavy atom. The minimum Gasteiger partial charge on any atom is -0.371 e. The Morgan fingerprint density at radius 1 is 1.17 bits per heavy atom. The van der Waals surface area contributed by atoms with Crippen LogP contribution in [-0.4, -0.2) is 32.8 Å². The third-order valence-corrected chi connectivity index (χ3v) is 3.55. The SMILES string of the molecule is CCOC(C)(C)c1ccc(N2CCNCC2)cc1. The third kappa shape index (κ3) is 3.03. The lowest BCUT2D eigenvalue weighted by molar-refractivity contribution is -0.0140. The first-order valence-corrected chi connectivity index (χ1v) is 6.83. The number of piperazine rings is 1. The summed E-state index contributed by atoms with van der Waals surface area (Å²) in [6.45, 7) is 11.4. The van der Waals surface area contributed by atoms with Crippen molar-refractivity contribution < 1.29 is 4.74 Å². The predicted molar refractivity (Wildman–Crippen MR) is 76.2 cm³/mol. The second kappa shape index (κ2) is 5.72. The van der Waals surface area contributed by atoms with Crippen LogP contribution in [0.3, 0.4) is 0 Å². The number of anilines is 1. The molecule has 0 aliphatic carbocycles. The van der Waals surface area contributed by atoms with Crippen molar-refractivity contribution in [1.82, 2.24) is 5.32 Å². The molecule has 1 saturated heterocycles. The van der Waals surface area contributed by atoms with Crippen molar-refractivity contribution in [2.75, 3.05) is 37.7 Å². The van der Waals surface area contributed by atoms with E-state index < -0.39 is 0 Å². The lowest BCUT2D eigenvalue weighted by Crippen LogP contribution is -2.43. The lowest BCUT2D eigenvalue weighted by Gasteiger charge is -2.30. The molecule has 0 atom stereocenters. The fourth-order valence-electron chi connectivity index (χ4n) is 2.44. The van der Waals surface area contributed by atoms with Crippen molar-refractivity contribution >= 4 is 5.69 Å². The Kier molecular flexibility index (Phi) is 4.25. The molecule has 3 heteroatoms. The van der Waals surface area contributed by atoms with Gasteiger partial charge >= 0.3 is 0 Å². The second-order valence-electron chi connectivity index (χ2n) is 5.23. The number of hydrogen-bond acceptors (Lipinski definition) is 3. The van der Waals surface area contributed by atoms with E-state index in [9.17, 15) is 0 Å². The number of benzene rings is 1. The molecular formula is C15H24N2O. The van der Waals surface area contributed by atoms with E-state index in [1.807, 2.05) is 6.92 Å². The summed E-state index contributed by atoms with van der Waals surface area (Å²) in [5.74, 6) is 0. The van der Waals surface area contributed by atoms with Crippen LogP contribution in [0.25, 0.3) is 0 Å². The summed E-state index contributed by atoms with van der Waals surface area (Å²) in [5, 5.41) is 3.38. The molecule has 0 radical (unpaired) electrons. The Morgan fingerprint density at radius 2 is 1.78 bits per heavy atom. The van der Waals surface area contributed by atoms with Gasteiger partial charge in [0, 0.05) is 38.5 Å². The summed E-state index contributed by atoms with van der Waals surface area (Å²) in [5.41, 5.74) is 2.35. The largest absolute Gasteiger partial charge is 0.371 e. The van der Waals surface area contributed by atoms with Crippen molar-refractivity contribution in [3.8, 4) is 0 Å². The molecule has 1 aromatic rings. The van der Waals surface area contributed by atoms with Gasteiger partial charge in [-0.3, -0.25) is 0 Å². The lowest BCUT2D eigenvalue weighted by atomic mass is 9.97. The Bertz CT molecular complexity index is 367. The molecular weight excluding hydrogens is 224 g/mol. The average Bonchev–Trinajstić information content (AvgIpc) is 2.40. The maximum Gasteiger partial charge on any atom is 0.0875 e. The van der Waals surface area contributed by atoms with Crippen LogP contribution in [-0.2, 0) is 10.3 Å². The highest BCUT2D eigenvalue weighted by Crippen LogP contribution is 2.26. The number of nitrogens with zero attached hydrogens (tertiary/aromatic N) is 1. The monoisotopic (exact) mass is 248 g/mol. The molecule has 1 N–H and O–H groups in total. The third-order valence-electron chi connectivity index (χ3n) is 3.55. The zero-order valence-corrected chi connectivity index (χ0v) is 11.7. The van der Waals surface area contributed by atoms with Crippen molar-refractivity contribution in [2.24, 2.45) is 0 Å². The molecule has 1 heterocycles. The van der Waals surface area contributed by atoms with Gasteiger partial charge in [0.25, 0.3) is 0 Å². The Hall–Kier alpha value is -1.06. The summed E-state index contributed by atoms with van der Waals surface area (Å²) in [6.07, 6.45) is 0. The smallest absolute Gasteiger partial charge is 0.0875 e. The first-order valence-electron chi connectivity index (χ1n) is 6.83. The molecule has 1 aliphatic heterocycles. The van der Waals surface area contributed by atoms with E-state index in [4.69, 9.17) is 4.74 Å². The number of ether oxygens (including phenoxy) is 1.